The lowest BCUT2D eigenvalue weighted by atomic mass is 10.1. The summed E-state index contributed by atoms with van der Waals surface area (Å²) in [4.78, 5) is 4.49. The van der Waals surface area contributed by atoms with Crippen molar-refractivity contribution in [2.75, 3.05) is 0 Å². The van der Waals surface area contributed by atoms with E-state index in [1.807, 2.05) is 24.3 Å². The average Bonchev–Trinajstić information content (AvgIpc) is 2.75. The van der Waals surface area contributed by atoms with Gasteiger partial charge in [0, 0.05) is 0 Å². The fourth-order valence-electron chi connectivity index (χ4n) is 2.29. The van der Waals surface area contributed by atoms with Crippen LogP contribution in [0, 0.1) is 0 Å². The molecule has 0 radical (unpaired) electrons. The van der Waals surface area contributed by atoms with Crippen LogP contribution in [-0.4, -0.2) is 9.55 Å². The predicted molar refractivity (Wildman–Crippen MR) is 77.2 cm³/mol. The van der Waals surface area contributed by atoms with E-state index >= 15 is 0 Å². The average molecular weight is 254 g/mol. The Hall–Kier alpha value is -1.74. The molecule has 90 valence electrons. The van der Waals surface area contributed by atoms with E-state index in [9.17, 15) is 0 Å². The zero-order valence-corrected chi connectivity index (χ0v) is 11.0. The summed E-state index contributed by atoms with van der Waals surface area (Å²) in [5.41, 5.74) is 3.38. The lowest BCUT2D eigenvalue weighted by molar-refractivity contribution is 0.602. The number of aromatic nitrogens is 2. The molecular formula is C15H14N2S. The maximum Gasteiger partial charge on any atom is 0.166 e. The molecule has 0 spiro atoms. The van der Waals surface area contributed by atoms with Crippen molar-refractivity contribution in [2.45, 2.75) is 18.1 Å². The second-order valence-corrected chi connectivity index (χ2v) is 4.76. The van der Waals surface area contributed by atoms with Crippen molar-refractivity contribution in [2.24, 2.45) is 0 Å². The van der Waals surface area contributed by atoms with Gasteiger partial charge in [-0.25, -0.2) is 4.98 Å². The standard InChI is InChI=1S/C15H14N2S/c1-11(12-7-3-2-4-8-12)17-14-10-6-5-9-13(14)16-15(17)18/h2-11H,1H3,(H,16,18). The van der Waals surface area contributed by atoms with Gasteiger partial charge in [-0.3, -0.25) is 0 Å². The van der Waals surface area contributed by atoms with E-state index in [0.717, 1.165) is 16.2 Å². The molecule has 2 nitrogen and oxygen atoms in total. The normalized spacial score (nSPS) is 12.8. The van der Waals surface area contributed by atoms with Crippen LogP contribution in [0.25, 0.3) is 11.0 Å². The first-order valence-corrected chi connectivity index (χ1v) is 6.43. The highest BCUT2D eigenvalue weighted by Gasteiger charge is 2.14. The molecule has 0 aliphatic carbocycles. The molecule has 1 heterocycles. The van der Waals surface area contributed by atoms with E-state index < -0.39 is 0 Å². The molecule has 3 aromatic rings. The molecule has 0 aliphatic rings. The highest BCUT2D eigenvalue weighted by Crippen LogP contribution is 2.27. The van der Waals surface area contributed by atoms with E-state index in [2.05, 4.69) is 59.4 Å². The fraction of sp³-hybridized carbons (Fsp3) is 0.133. The third-order valence-corrected chi connectivity index (χ3v) is 3.56. The Morgan fingerprint density at radius 2 is 1.67 bits per heavy atom. The van der Waals surface area contributed by atoms with Crippen LogP contribution in [0.1, 0.15) is 18.5 Å². The van der Waals surface area contributed by atoms with Gasteiger partial charge in [-0.05, 0) is 24.6 Å². The first-order valence-electron chi connectivity index (χ1n) is 5.98. The van der Waals surface area contributed by atoms with Crippen LogP contribution < -0.4 is 0 Å². The van der Waals surface area contributed by atoms with Crippen molar-refractivity contribution in [3.8, 4) is 0 Å². The summed E-state index contributed by atoms with van der Waals surface area (Å²) in [5.74, 6) is 0. The number of benzene rings is 2. The van der Waals surface area contributed by atoms with Gasteiger partial charge in [0.15, 0.2) is 5.16 Å². The van der Waals surface area contributed by atoms with E-state index in [1.165, 1.54) is 5.56 Å². The molecule has 2 aromatic carbocycles. The predicted octanol–water partition coefficient (Wildman–Crippen LogP) is 3.93. The molecular weight excluding hydrogens is 240 g/mol. The second kappa shape index (κ2) is 4.50. The molecule has 0 saturated heterocycles. The van der Waals surface area contributed by atoms with Crippen molar-refractivity contribution >= 4 is 23.7 Å². The Balaban J connectivity index is 2.17. The molecule has 1 atom stereocenters. The Morgan fingerprint density at radius 1 is 1.00 bits per heavy atom. The summed E-state index contributed by atoms with van der Waals surface area (Å²) in [6, 6.07) is 18.8. The van der Waals surface area contributed by atoms with Crippen LogP contribution in [0.2, 0.25) is 0 Å². The van der Waals surface area contributed by atoms with Crippen LogP contribution in [0.3, 0.4) is 0 Å². The molecule has 18 heavy (non-hydrogen) atoms. The molecule has 1 aromatic heterocycles. The molecule has 1 unspecified atom stereocenters. The number of hydrogen-bond donors (Lipinski definition) is 1. The van der Waals surface area contributed by atoms with Crippen molar-refractivity contribution in [1.29, 1.82) is 0 Å². The lowest BCUT2D eigenvalue weighted by Crippen LogP contribution is -2.06. The minimum atomic E-state index is 0.228. The third-order valence-electron chi connectivity index (χ3n) is 3.25. The van der Waals surface area contributed by atoms with Gasteiger partial charge in [-0.1, -0.05) is 42.5 Å². The first kappa shape index (κ1) is 11.4. The molecule has 0 N–H and O–H groups in total. The summed E-state index contributed by atoms with van der Waals surface area (Å²) >= 11 is 4.50. The molecule has 0 saturated carbocycles. The van der Waals surface area contributed by atoms with Gasteiger partial charge in [0.25, 0.3) is 0 Å². The first-order chi connectivity index (χ1) is 8.77. The van der Waals surface area contributed by atoms with Gasteiger partial charge in [-0.2, -0.15) is 0 Å². The van der Waals surface area contributed by atoms with Gasteiger partial charge in [0.2, 0.25) is 0 Å². The quantitative estimate of drug-likeness (QED) is 0.686. The maximum atomic E-state index is 4.50. The summed E-state index contributed by atoms with van der Waals surface area (Å²) in [5, 5.41) is 0.757. The molecule has 0 aliphatic heterocycles. The molecule has 0 amide bonds. The fourth-order valence-corrected chi connectivity index (χ4v) is 2.68. The minimum absolute atomic E-state index is 0.228. The Labute approximate surface area is 112 Å². The molecule has 3 heteroatoms. The number of hydrogen-bond acceptors (Lipinski definition) is 2. The van der Waals surface area contributed by atoms with Crippen LogP contribution in [0.5, 0.6) is 0 Å². The smallest absolute Gasteiger partial charge is 0.166 e. The summed E-state index contributed by atoms with van der Waals surface area (Å²) in [6.07, 6.45) is 0. The van der Waals surface area contributed by atoms with Gasteiger partial charge in [0.1, 0.15) is 0 Å². The van der Waals surface area contributed by atoms with Gasteiger partial charge in [0.05, 0.1) is 17.1 Å². The number of thiol groups is 1. The third kappa shape index (κ3) is 1.81. The number of imidazole rings is 1. The van der Waals surface area contributed by atoms with Crippen LogP contribution in [0.4, 0.5) is 0 Å². The SMILES string of the molecule is CC(c1ccccc1)n1c(S)nc2ccccc21. The summed E-state index contributed by atoms with van der Waals surface area (Å²) < 4.78 is 2.16. The van der Waals surface area contributed by atoms with E-state index in [-0.39, 0.29) is 6.04 Å². The van der Waals surface area contributed by atoms with E-state index in [1.54, 1.807) is 0 Å². The zero-order valence-electron chi connectivity index (χ0n) is 10.1. The number of fused-ring (bicyclic) bond motifs is 1. The Morgan fingerprint density at radius 3 is 2.44 bits per heavy atom. The van der Waals surface area contributed by atoms with Crippen LogP contribution >= 0.6 is 12.6 Å². The Bertz CT molecular complexity index is 673. The maximum absolute atomic E-state index is 4.50. The van der Waals surface area contributed by atoms with Gasteiger partial charge in [-0.15, -0.1) is 12.6 Å². The van der Waals surface area contributed by atoms with Crippen molar-refractivity contribution in [3.63, 3.8) is 0 Å². The van der Waals surface area contributed by atoms with Gasteiger partial charge < -0.3 is 4.57 Å². The monoisotopic (exact) mass is 254 g/mol. The van der Waals surface area contributed by atoms with Crippen molar-refractivity contribution < 1.29 is 0 Å². The number of nitrogens with zero attached hydrogens (tertiary/aromatic N) is 2. The highest BCUT2D eigenvalue weighted by atomic mass is 32.1. The molecule has 0 fully saturated rings. The zero-order chi connectivity index (χ0) is 12.5. The number of rotatable bonds is 2. The van der Waals surface area contributed by atoms with Crippen molar-refractivity contribution in [3.05, 3.63) is 60.2 Å². The highest BCUT2D eigenvalue weighted by molar-refractivity contribution is 7.80. The lowest BCUT2D eigenvalue weighted by Gasteiger charge is -2.16. The molecule has 3 rings (SSSR count). The van der Waals surface area contributed by atoms with E-state index in [4.69, 9.17) is 0 Å². The van der Waals surface area contributed by atoms with Gasteiger partial charge >= 0.3 is 0 Å². The summed E-state index contributed by atoms with van der Waals surface area (Å²) in [7, 11) is 0. The van der Waals surface area contributed by atoms with Crippen LogP contribution in [-0.2, 0) is 0 Å². The van der Waals surface area contributed by atoms with Crippen molar-refractivity contribution in [1.82, 2.24) is 9.55 Å². The molecule has 0 bridgehead atoms. The number of para-hydroxylation sites is 2. The largest absolute Gasteiger partial charge is 0.312 e. The second-order valence-electron chi connectivity index (χ2n) is 4.36. The van der Waals surface area contributed by atoms with Crippen LogP contribution in [0.15, 0.2) is 59.8 Å². The summed E-state index contributed by atoms with van der Waals surface area (Å²) in [6.45, 7) is 2.17. The Kier molecular flexibility index (Phi) is 2.84. The topological polar surface area (TPSA) is 17.8 Å². The minimum Gasteiger partial charge on any atom is -0.312 e. The van der Waals surface area contributed by atoms with E-state index in [0.29, 0.717) is 0 Å².